The van der Waals surface area contributed by atoms with E-state index in [1.165, 1.54) is 16.8 Å². The Morgan fingerprint density at radius 3 is 2.44 bits per heavy atom. The average molecular weight is 279 g/mol. The second-order valence-electron chi connectivity index (χ2n) is 4.07. The van der Waals surface area contributed by atoms with Crippen molar-refractivity contribution < 1.29 is 0 Å². The normalized spacial score (nSPS) is 10.8. The van der Waals surface area contributed by atoms with E-state index in [1.54, 1.807) is 0 Å². The summed E-state index contributed by atoms with van der Waals surface area (Å²) < 4.78 is 3.16. The molecule has 1 aromatic heterocycles. The molecular formula is C13H15BrN2. The molecule has 1 aromatic carbocycles. The molecule has 0 amide bonds. The number of benzene rings is 1. The second kappa shape index (κ2) is 4.42. The average Bonchev–Trinajstić information content (AvgIpc) is 2.50. The van der Waals surface area contributed by atoms with Gasteiger partial charge >= 0.3 is 0 Å². The molecule has 0 aliphatic rings. The summed E-state index contributed by atoms with van der Waals surface area (Å²) in [7, 11) is 0. The third-order valence-electron chi connectivity index (χ3n) is 2.87. The number of aryl methyl sites for hydroxylation is 2. The van der Waals surface area contributed by atoms with Crippen LogP contribution < -0.4 is 0 Å². The third kappa shape index (κ3) is 2.05. The monoisotopic (exact) mass is 278 g/mol. The molecule has 0 saturated carbocycles. The van der Waals surface area contributed by atoms with Gasteiger partial charge in [0.25, 0.3) is 0 Å². The Bertz CT molecular complexity index is 515. The lowest BCUT2D eigenvalue weighted by atomic mass is 10.1. The molecule has 0 radical (unpaired) electrons. The van der Waals surface area contributed by atoms with Crippen molar-refractivity contribution >= 4 is 15.9 Å². The van der Waals surface area contributed by atoms with Crippen LogP contribution in [0.15, 0.2) is 28.7 Å². The molecule has 0 aliphatic carbocycles. The van der Waals surface area contributed by atoms with Crippen LogP contribution in [0.2, 0.25) is 0 Å². The van der Waals surface area contributed by atoms with Gasteiger partial charge in [-0.15, -0.1) is 0 Å². The first-order valence-corrected chi connectivity index (χ1v) is 6.13. The first kappa shape index (κ1) is 11.4. The number of hydrogen-bond acceptors (Lipinski definition) is 1. The van der Waals surface area contributed by atoms with Crippen LogP contribution in [0.3, 0.4) is 0 Å². The molecule has 16 heavy (non-hydrogen) atoms. The second-order valence-corrected chi connectivity index (χ2v) is 4.86. The van der Waals surface area contributed by atoms with Crippen molar-refractivity contribution in [2.24, 2.45) is 0 Å². The largest absolute Gasteiger partial charge is 0.264 e. The quantitative estimate of drug-likeness (QED) is 0.821. The molecule has 0 aliphatic heterocycles. The van der Waals surface area contributed by atoms with Gasteiger partial charge in [0.05, 0.1) is 22.4 Å². The highest BCUT2D eigenvalue weighted by molar-refractivity contribution is 9.10. The summed E-state index contributed by atoms with van der Waals surface area (Å²) in [5, 5.41) is 4.52. The molecule has 3 heteroatoms. The molecule has 0 fully saturated rings. The maximum Gasteiger partial charge on any atom is 0.0738 e. The minimum atomic E-state index is 0.838. The molecule has 0 N–H and O–H groups in total. The zero-order valence-electron chi connectivity index (χ0n) is 9.79. The van der Waals surface area contributed by atoms with E-state index in [-0.39, 0.29) is 0 Å². The number of hydrogen-bond donors (Lipinski definition) is 0. The van der Waals surface area contributed by atoms with Crippen LogP contribution in [-0.4, -0.2) is 9.78 Å². The first-order valence-electron chi connectivity index (χ1n) is 5.33. The van der Waals surface area contributed by atoms with Crippen molar-refractivity contribution in [3.63, 3.8) is 0 Å². The maximum absolute atomic E-state index is 4.52. The van der Waals surface area contributed by atoms with E-state index < -0.39 is 0 Å². The van der Waals surface area contributed by atoms with Gasteiger partial charge in [-0.05, 0) is 47.8 Å². The first-order chi connectivity index (χ1) is 7.59. The van der Waals surface area contributed by atoms with Gasteiger partial charge in [0.2, 0.25) is 0 Å². The fourth-order valence-corrected chi connectivity index (χ4v) is 2.06. The van der Waals surface area contributed by atoms with Crippen LogP contribution in [0.25, 0.3) is 0 Å². The van der Waals surface area contributed by atoms with E-state index in [4.69, 9.17) is 0 Å². The van der Waals surface area contributed by atoms with Gasteiger partial charge in [-0.3, -0.25) is 4.68 Å². The van der Waals surface area contributed by atoms with Gasteiger partial charge in [0, 0.05) is 0 Å². The summed E-state index contributed by atoms with van der Waals surface area (Å²) in [4.78, 5) is 0. The standard InChI is InChI=1S/C13H15BrN2/c1-9-6-4-5-7-12(9)8-16-11(3)13(14)10(2)15-16/h4-7H,8H2,1-3H3. The molecule has 0 atom stereocenters. The molecule has 0 saturated heterocycles. The predicted molar refractivity (Wildman–Crippen MR) is 69.7 cm³/mol. The highest BCUT2D eigenvalue weighted by atomic mass is 79.9. The molecule has 2 nitrogen and oxygen atoms in total. The molecular weight excluding hydrogens is 264 g/mol. The SMILES string of the molecule is Cc1ccccc1Cn1nc(C)c(Br)c1C. The fraction of sp³-hybridized carbons (Fsp3) is 0.308. The lowest BCUT2D eigenvalue weighted by molar-refractivity contribution is 0.656. The summed E-state index contributed by atoms with van der Waals surface area (Å²) in [5.41, 5.74) is 4.86. The van der Waals surface area contributed by atoms with Gasteiger partial charge in [0.1, 0.15) is 0 Å². The summed E-state index contributed by atoms with van der Waals surface area (Å²) >= 11 is 3.55. The lowest BCUT2D eigenvalue weighted by Crippen LogP contribution is -2.05. The lowest BCUT2D eigenvalue weighted by Gasteiger charge is -2.07. The van der Waals surface area contributed by atoms with Crippen molar-refractivity contribution in [3.8, 4) is 0 Å². The van der Waals surface area contributed by atoms with E-state index in [1.807, 2.05) is 11.6 Å². The van der Waals surface area contributed by atoms with Crippen LogP contribution in [0, 0.1) is 20.8 Å². The van der Waals surface area contributed by atoms with Crippen molar-refractivity contribution in [2.75, 3.05) is 0 Å². The van der Waals surface area contributed by atoms with Crippen LogP contribution in [0.5, 0.6) is 0 Å². The summed E-state index contributed by atoms with van der Waals surface area (Å²) in [6, 6.07) is 8.43. The third-order valence-corrected chi connectivity index (χ3v) is 4.02. The molecule has 2 rings (SSSR count). The number of aromatic nitrogens is 2. The Labute approximate surface area is 104 Å². The van der Waals surface area contributed by atoms with Gasteiger partial charge in [-0.1, -0.05) is 24.3 Å². The van der Waals surface area contributed by atoms with Gasteiger partial charge < -0.3 is 0 Å². The molecule has 0 bridgehead atoms. The molecule has 1 heterocycles. The zero-order chi connectivity index (χ0) is 11.7. The molecule has 0 unspecified atom stereocenters. The summed E-state index contributed by atoms with van der Waals surface area (Å²) in [5.74, 6) is 0. The molecule has 84 valence electrons. The minimum absolute atomic E-state index is 0.838. The Morgan fingerprint density at radius 2 is 1.88 bits per heavy atom. The number of halogens is 1. The number of nitrogens with zero attached hydrogens (tertiary/aromatic N) is 2. The van der Waals surface area contributed by atoms with Crippen LogP contribution >= 0.6 is 15.9 Å². The smallest absolute Gasteiger partial charge is 0.0738 e. The maximum atomic E-state index is 4.52. The fourth-order valence-electron chi connectivity index (χ4n) is 1.78. The van der Waals surface area contributed by atoms with E-state index >= 15 is 0 Å². The van der Waals surface area contributed by atoms with E-state index in [9.17, 15) is 0 Å². The molecule has 2 aromatic rings. The van der Waals surface area contributed by atoms with Crippen LogP contribution in [-0.2, 0) is 6.54 Å². The van der Waals surface area contributed by atoms with Crippen molar-refractivity contribution in [1.82, 2.24) is 9.78 Å². The van der Waals surface area contributed by atoms with Crippen molar-refractivity contribution in [1.29, 1.82) is 0 Å². The van der Waals surface area contributed by atoms with Crippen LogP contribution in [0.1, 0.15) is 22.5 Å². The Kier molecular flexibility index (Phi) is 3.15. The van der Waals surface area contributed by atoms with E-state index in [0.717, 1.165) is 16.7 Å². The predicted octanol–water partition coefficient (Wildman–Crippen LogP) is 3.62. The van der Waals surface area contributed by atoms with E-state index in [2.05, 4.69) is 59.1 Å². The highest BCUT2D eigenvalue weighted by Gasteiger charge is 2.09. The van der Waals surface area contributed by atoms with Gasteiger partial charge in [0.15, 0.2) is 0 Å². The Morgan fingerprint density at radius 1 is 1.19 bits per heavy atom. The number of rotatable bonds is 2. The van der Waals surface area contributed by atoms with Gasteiger partial charge in [-0.25, -0.2) is 0 Å². The summed E-state index contributed by atoms with van der Waals surface area (Å²) in [6.07, 6.45) is 0. The minimum Gasteiger partial charge on any atom is -0.264 e. The highest BCUT2D eigenvalue weighted by Crippen LogP contribution is 2.21. The summed E-state index contributed by atoms with van der Waals surface area (Å²) in [6.45, 7) is 7.08. The zero-order valence-corrected chi connectivity index (χ0v) is 11.4. The van der Waals surface area contributed by atoms with Gasteiger partial charge in [-0.2, -0.15) is 5.10 Å². The topological polar surface area (TPSA) is 17.8 Å². The van der Waals surface area contributed by atoms with Crippen LogP contribution in [0.4, 0.5) is 0 Å². The van der Waals surface area contributed by atoms with E-state index in [0.29, 0.717) is 0 Å². The van der Waals surface area contributed by atoms with Crippen molar-refractivity contribution in [3.05, 3.63) is 51.3 Å². The Balaban J connectivity index is 2.34. The molecule has 0 spiro atoms. The Hall–Kier alpha value is -1.09. The van der Waals surface area contributed by atoms with Crippen molar-refractivity contribution in [2.45, 2.75) is 27.3 Å².